The third kappa shape index (κ3) is 4.57. The molecule has 10 heteroatoms. The highest BCUT2D eigenvalue weighted by molar-refractivity contribution is 7.10. The molecule has 2 amide bonds. The van der Waals surface area contributed by atoms with Crippen LogP contribution in [-0.4, -0.2) is 28.2 Å². The number of rotatable bonds is 4. The zero-order valence-corrected chi connectivity index (χ0v) is 14.9. The number of nitrogens with zero attached hydrogens (tertiary/aromatic N) is 1. The van der Waals surface area contributed by atoms with Crippen molar-refractivity contribution in [2.24, 2.45) is 0 Å². The van der Waals surface area contributed by atoms with Gasteiger partial charge in [-0.3, -0.25) is 14.4 Å². The summed E-state index contributed by atoms with van der Waals surface area (Å²) in [5.41, 5.74) is -1.32. The maximum atomic E-state index is 12.7. The summed E-state index contributed by atoms with van der Waals surface area (Å²) in [4.78, 5) is 40.7. The number of amides is 2. The summed E-state index contributed by atoms with van der Waals surface area (Å²) in [5, 5.41) is 4.11. The van der Waals surface area contributed by atoms with Crippen molar-refractivity contribution in [3.63, 3.8) is 0 Å². The molecular formula is C17H16F3N3O3S. The Bertz CT molecular complexity index is 920. The molecular weight excluding hydrogens is 383 g/mol. The molecule has 0 bridgehead atoms. The molecule has 0 spiro atoms. The topological polar surface area (TPSA) is 82.3 Å². The van der Waals surface area contributed by atoms with Gasteiger partial charge in [-0.25, -0.2) is 0 Å². The summed E-state index contributed by atoms with van der Waals surface area (Å²) in [6, 6.07) is 2.54. The number of carbonyl (C=O) groups is 2. The molecule has 6 nitrogen and oxygen atoms in total. The van der Waals surface area contributed by atoms with Crippen LogP contribution in [0.15, 0.2) is 28.5 Å². The number of pyridine rings is 1. The number of aromatic nitrogens is 1. The van der Waals surface area contributed by atoms with E-state index >= 15 is 0 Å². The normalized spacial score (nSPS) is 14.0. The number of anilines is 1. The van der Waals surface area contributed by atoms with Gasteiger partial charge in [-0.2, -0.15) is 13.2 Å². The average molecular weight is 399 g/mol. The Morgan fingerprint density at radius 3 is 2.81 bits per heavy atom. The second kappa shape index (κ2) is 7.55. The predicted molar refractivity (Wildman–Crippen MR) is 93.4 cm³/mol. The molecule has 0 unspecified atom stereocenters. The number of hydrogen-bond donors (Lipinski definition) is 2. The monoisotopic (exact) mass is 399 g/mol. The van der Waals surface area contributed by atoms with Crippen LogP contribution in [-0.2, 0) is 28.7 Å². The predicted octanol–water partition coefficient (Wildman–Crippen LogP) is 2.76. The summed E-state index contributed by atoms with van der Waals surface area (Å²) in [7, 11) is 0. The third-order valence-corrected chi connectivity index (χ3v) is 5.25. The van der Waals surface area contributed by atoms with Gasteiger partial charge in [0.15, 0.2) is 0 Å². The van der Waals surface area contributed by atoms with Crippen LogP contribution in [0.5, 0.6) is 0 Å². The Morgan fingerprint density at radius 2 is 2.07 bits per heavy atom. The van der Waals surface area contributed by atoms with Crippen molar-refractivity contribution in [1.29, 1.82) is 0 Å². The second-order valence-corrected chi connectivity index (χ2v) is 7.11. The highest BCUT2D eigenvalue weighted by Crippen LogP contribution is 2.29. The zero-order valence-electron chi connectivity index (χ0n) is 14.1. The molecule has 0 saturated carbocycles. The van der Waals surface area contributed by atoms with E-state index in [9.17, 15) is 27.6 Å². The van der Waals surface area contributed by atoms with Crippen molar-refractivity contribution in [2.75, 3.05) is 11.9 Å². The van der Waals surface area contributed by atoms with Crippen molar-refractivity contribution in [1.82, 2.24) is 9.88 Å². The average Bonchev–Trinajstić information content (AvgIpc) is 3.08. The zero-order chi connectivity index (χ0) is 19.6. The van der Waals surface area contributed by atoms with Crippen molar-refractivity contribution >= 4 is 28.8 Å². The van der Waals surface area contributed by atoms with E-state index < -0.39 is 28.9 Å². The molecule has 27 heavy (non-hydrogen) atoms. The van der Waals surface area contributed by atoms with E-state index in [0.717, 1.165) is 12.0 Å². The van der Waals surface area contributed by atoms with E-state index in [1.165, 1.54) is 4.88 Å². The lowest BCUT2D eigenvalue weighted by Crippen LogP contribution is -2.35. The molecule has 3 rings (SSSR count). The molecule has 1 aliphatic rings. The first-order chi connectivity index (χ1) is 12.7. The van der Waals surface area contributed by atoms with Crippen LogP contribution in [0.25, 0.3) is 0 Å². The Hall–Kier alpha value is -2.62. The maximum Gasteiger partial charge on any atom is 0.417 e. The van der Waals surface area contributed by atoms with Gasteiger partial charge < -0.3 is 15.2 Å². The quantitative estimate of drug-likeness (QED) is 0.830. The summed E-state index contributed by atoms with van der Waals surface area (Å²) >= 11 is 1.65. The highest BCUT2D eigenvalue weighted by atomic mass is 32.1. The molecule has 0 saturated heterocycles. The van der Waals surface area contributed by atoms with E-state index in [2.05, 4.69) is 5.32 Å². The number of fused-ring (bicyclic) bond motifs is 1. The minimum atomic E-state index is -4.64. The van der Waals surface area contributed by atoms with Gasteiger partial charge in [-0.1, -0.05) is 0 Å². The van der Waals surface area contributed by atoms with Crippen LogP contribution in [0, 0.1) is 0 Å². The molecule has 0 fully saturated rings. The Labute approximate surface area is 156 Å². The molecule has 0 atom stereocenters. The van der Waals surface area contributed by atoms with E-state index in [4.69, 9.17) is 0 Å². The van der Waals surface area contributed by atoms with Gasteiger partial charge in [0, 0.05) is 37.0 Å². The van der Waals surface area contributed by atoms with Crippen LogP contribution in [0.4, 0.5) is 18.9 Å². The number of nitrogens with one attached hydrogen (secondary N) is 2. The van der Waals surface area contributed by atoms with E-state index in [0.29, 0.717) is 25.4 Å². The fourth-order valence-electron chi connectivity index (χ4n) is 2.79. The van der Waals surface area contributed by atoms with E-state index in [1.807, 2.05) is 16.4 Å². The minimum Gasteiger partial charge on any atom is -0.338 e. The van der Waals surface area contributed by atoms with Crippen molar-refractivity contribution in [2.45, 2.75) is 32.0 Å². The van der Waals surface area contributed by atoms with Gasteiger partial charge >= 0.3 is 6.18 Å². The Balaban J connectivity index is 1.56. The van der Waals surface area contributed by atoms with Gasteiger partial charge in [-0.15, -0.1) is 11.3 Å². The summed E-state index contributed by atoms with van der Waals surface area (Å²) in [6.45, 7) is 1.06. The highest BCUT2D eigenvalue weighted by Gasteiger charge is 2.31. The molecule has 0 aliphatic carbocycles. The molecule has 3 heterocycles. The third-order valence-electron chi connectivity index (χ3n) is 4.23. The number of halogens is 3. The first-order valence-corrected chi connectivity index (χ1v) is 9.05. The van der Waals surface area contributed by atoms with Gasteiger partial charge in [0.1, 0.15) is 5.69 Å². The molecule has 2 N–H and O–H groups in total. The molecule has 1 aliphatic heterocycles. The fourth-order valence-corrected chi connectivity index (χ4v) is 3.68. The molecule has 2 aromatic heterocycles. The molecule has 0 aromatic carbocycles. The number of aromatic amines is 1. The number of thiophene rings is 1. The summed E-state index contributed by atoms with van der Waals surface area (Å²) < 4.78 is 38.1. The Kier molecular flexibility index (Phi) is 5.36. The lowest BCUT2D eigenvalue weighted by Gasteiger charge is -2.27. The number of alkyl halides is 3. The van der Waals surface area contributed by atoms with E-state index in [-0.39, 0.29) is 18.7 Å². The van der Waals surface area contributed by atoms with Crippen molar-refractivity contribution in [3.8, 4) is 0 Å². The van der Waals surface area contributed by atoms with Crippen LogP contribution in [0.2, 0.25) is 0 Å². The largest absolute Gasteiger partial charge is 0.417 e. The smallest absolute Gasteiger partial charge is 0.338 e. The molecule has 2 aromatic rings. The molecule has 144 valence electrons. The fraction of sp³-hybridized carbons (Fsp3) is 0.353. The number of H-pyrrole nitrogens is 1. The lowest BCUT2D eigenvalue weighted by molar-refractivity contribution is -0.137. The van der Waals surface area contributed by atoms with Gasteiger partial charge in [-0.05, 0) is 29.5 Å². The van der Waals surface area contributed by atoms with E-state index in [1.54, 1.807) is 16.2 Å². The van der Waals surface area contributed by atoms with Gasteiger partial charge in [0.2, 0.25) is 11.8 Å². The van der Waals surface area contributed by atoms with Crippen LogP contribution in [0.3, 0.4) is 0 Å². The van der Waals surface area contributed by atoms with Gasteiger partial charge in [0.05, 0.1) is 5.56 Å². The van der Waals surface area contributed by atoms with Gasteiger partial charge in [0.25, 0.3) is 5.56 Å². The lowest BCUT2D eigenvalue weighted by atomic mass is 10.1. The Morgan fingerprint density at radius 1 is 1.30 bits per heavy atom. The minimum absolute atomic E-state index is 0.0812. The first kappa shape index (κ1) is 19.2. The standard InChI is InChI=1S/C17H16F3N3O3S/c18-17(19,20)11-7-12(16(26)21-8-11)22-14(24)1-2-15(25)23-5-3-13-10(9-23)4-6-27-13/h4,6-8H,1-3,5,9H2,(H,21,26)(H,22,24). The van der Waals surface area contributed by atoms with Crippen LogP contribution >= 0.6 is 11.3 Å². The molecule has 0 radical (unpaired) electrons. The second-order valence-electron chi connectivity index (χ2n) is 6.11. The van der Waals surface area contributed by atoms with Crippen molar-refractivity contribution in [3.05, 3.63) is 50.1 Å². The van der Waals surface area contributed by atoms with Crippen LogP contribution < -0.4 is 10.9 Å². The summed E-state index contributed by atoms with van der Waals surface area (Å²) in [6.07, 6.45) is -3.64. The first-order valence-electron chi connectivity index (χ1n) is 8.17. The number of hydrogen-bond acceptors (Lipinski definition) is 4. The number of carbonyl (C=O) groups excluding carboxylic acids is 2. The summed E-state index contributed by atoms with van der Waals surface area (Å²) in [5.74, 6) is -0.902. The van der Waals surface area contributed by atoms with Crippen LogP contribution in [0.1, 0.15) is 28.8 Å². The SMILES string of the molecule is O=C(CCC(=O)N1CCc2sccc2C1)Nc1cc(C(F)(F)F)c[nH]c1=O. The van der Waals surface area contributed by atoms with Crippen molar-refractivity contribution < 1.29 is 22.8 Å². The maximum absolute atomic E-state index is 12.7.